The fraction of sp³-hybridized carbons (Fsp3) is 0.526. The van der Waals surface area contributed by atoms with Crippen molar-refractivity contribution < 1.29 is 22.6 Å². The van der Waals surface area contributed by atoms with Crippen molar-refractivity contribution in [1.82, 2.24) is 25.4 Å². The predicted octanol–water partition coefficient (Wildman–Crippen LogP) is 2.00. The van der Waals surface area contributed by atoms with Crippen molar-refractivity contribution in [3.63, 3.8) is 0 Å². The van der Waals surface area contributed by atoms with Crippen molar-refractivity contribution in [3.8, 4) is 5.75 Å². The number of benzene rings is 1. The Morgan fingerprint density at radius 1 is 1.33 bits per heavy atom. The average molecular weight is 426 g/mol. The molecular formula is C19H25F3N6O2. The highest BCUT2D eigenvalue weighted by Crippen LogP contribution is 2.35. The molecule has 1 aromatic heterocycles. The summed E-state index contributed by atoms with van der Waals surface area (Å²) in [6.45, 7) is 1.37. The number of aromatic nitrogens is 3. The molecule has 2 aromatic rings. The lowest BCUT2D eigenvalue weighted by Gasteiger charge is -2.25. The average Bonchev–Trinajstić information content (AvgIpc) is 3.11. The number of hydrogen-bond acceptors (Lipinski definition) is 5. The number of rotatable bonds is 7. The van der Waals surface area contributed by atoms with Crippen molar-refractivity contribution in [3.05, 3.63) is 41.5 Å². The Morgan fingerprint density at radius 3 is 2.87 bits per heavy atom. The van der Waals surface area contributed by atoms with E-state index < -0.39 is 11.7 Å². The molecule has 0 radical (unpaired) electrons. The van der Waals surface area contributed by atoms with Crippen LogP contribution in [0.1, 0.15) is 23.6 Å². The number of aryl methyl sites for hydroxylation is 1. The summed E-state index contributed by atoms with van der Waals surface area (Å²) in [6, 6.07) is 5.27. The number of alkyl halides is 3. The molecule has 1 atom stereocenters. The molecule has 0 amide bonds. The summed E-state index contributed by atoms with van der Waals surface area (Å²) in [5.41, 5.74) is -0.786. The molecule has 1 aromatic carbocycles. The second kappa shape index (κ2) is 9.79. The van der Waals surface area contributed by atoms with Crippen LogP contribution in [0.2, 0.25) is 0 Å². The summed E-state index contributed by atoms with van der Waals surface area (Å²) >= 11 is 0. The van der Waals surface area contributed by atoms with Crippen LogP contribution in [0.25, 0.3) is 0 Å². The summed E-state index contributed by atoms with van der Waals surface area (Å²) in [7, 11) is 3.24. The Kier molecular flexibility index (Phi) is 7.14. The van der Waals surface area contributed by atoms with E-state index in [1.54, 1.807) is 14.2 Å². The van der Waals surface area contributed by atoms with Gasteiger partial charge in [0, 0.05) is 26.6 Å². The normalized spacial score (nSPS) is 16.8. The van der Waals surface area contributed by atoms with Crippen LogP contribution in [0, 0.1) is 0 Å². The van der Waals surface area contributed by atoms with Gasteiger partial charge >= 0.3 is 6.18 Å². The van der Waals surface area contributed by atoms with Crippen LogP contribution in [0.15, 0.2) is 29.3 Å². The first-order valence-electron chi connectivity index (χ1n) is 9.58. The third kappa shape index (κ3) is 5.62. The van der Waals surface area contributed by atoms with Crippen LogP contribution in [-0.4, -0.2) is 54.1 Å². The first-order valence-corrected chi connectivity index (χ1v) is 9.58. The fourth-order valence-electron chi connectivity index (χ4n) is 3.21. The van der Waals surface area contributed by atoms with Crippen molar-refractivity contribution in [2.75, 3.05) is 27.3 Å². The SMILES string of the molecule is CN=C(NCCOc1ccccc1C(F)(F)F)NC1CCc2nc(COC)nn2C1. The number of nitrogens with one attached hydrogen (secondary N) is 2. The second-order valence-electron chi connectivity index (χ2n) is 6.78. The number of halogens is 3. The van der Waals surface area contributed by atoms with Gasteiger partial charge in [0.05, 0.1) is 18.7 Å². The number of methoxy groups -OCH3 is 1. The molecule has 0 aliphatic carbocycles. The van der Waals surface area contributed by atoms with Gasteiger partial charge in [-0.2, -0.15) is 18.3 Å². The monoisotopic (exact) mass is 426 g/mol. The first kappa shape index (κ1) is 21.9. The van der Waals surface area contributed by atoms with Crippen molar-refractivity contribution in [1.29, 1.82) is 0 Å². The summed E-state index contributed by atoms with van der Waals surface area (Å²) in [4.78, 5) is 8.61. The molecule has 11 heteroatoms. The number of aliphatic imine (C=N–C) groups is 1. The largest absolute Gasteiger partial charge is 0.491 e. The Morgan fingerprint density at radius 2 is 2.13 bits per heavy atom. The van der Waals surface area contributed by atoms with E-state index in [0.717, 1.165) is 24.7 Å². The predicted molar refractivity (Wildman–Crippen MR) is 104 cm³/mol. The van der Waals surface area contributed by atoms with E-state index >= 15 is 0 Å². The summed E-state index contributed by atoms with van der Waals surface area (Å²) in [6.07, 6.45) is -2.81. The van der Waals surface area contributed by atoms with Gasteiger partial charge in [0.1, 0.15) is 24.8 Å². The van der Waals surface area contributed by atoms with Gasteiger partial charge < -0.3 is 20.1 Å². The maximum absolute atomic E-state index is 13.0. The number of ether oxygens (including phenoxy) is 2. The lowest BCUT2D eigenvalue weighted by Crippen LogP contribution is -2.47. The smallest absolute Gasteiger partial charge is 0.419 e. The van der Waals surface area contributed by atoms with Crippen LogP contribution >= 0.6 is 0 Å². The van der Waals surface area contributed by atoms with E-state index in [2.05, 4.69) is 25.7 Å². The Balaban J connectivity index is 1.47. The van der Waals surface area contributed by atoms with E-state index in [0.29, 0.717) is 31.5 Å². The van der Waals surface area contributed by atoms with Gasteiger partial charge in [-0.1, -0.05) is 12.1 Å². The highest BCUT2D eigenvalue weighted by Gasteiger charge is 2.34. The quantitative estimate of drug-likeness (QED) is 0.400. The van der Waals surface area contributed by atoms with Gasteiger partial charge in [0.15, 0.2) is 11.8 Å². The first-order chi connectivity index (χ1) is 14.4. The molecule has 0 saturated carbocycles. The third-order valence-corrected chi connectivity index (χ3v) is 4.58. The van der Waals surface area contributed by atoms with E-state index in [4.69, 9.17) is 9.47 Å². The highest BCUT2D eigenvalue weighted by atomic mass is 19.4. The molecule has 8 nitrogen and oxygen atoms in total. The maximum atomic E-state index is 13.0. The van der Waals surface area contributed by atoms with Crippen LogP contribution in [0.4, 0.5) is 13.2 Å². The molecule has 1 aliphatic heterocycles. The number of para-hydroxylation sites is 1. The number of fused-ring (bicyclic) bond motifs is 1. The minimum absolute atomic E-state index is 0.0616. The molecule has 1 aliphatic rings. The lowest BCUT2D eigenvalue weighted by atomic mass is 10.1. The number of guanidine groups is 1. The molecular weight excluding hydrogens is 401 g/mol. The van der Waals surface area contributed by atoms with Crippen LogP contribution in [0.3, 0.4) is 0 Å². The lowest BCUT2D eigenvalue weighted by molar-refractivity contribution is -0.138. The zero-order valence-corrected chi connectivity index (χ0v) is 16.9. The Bertz CT molecular complexity index is 868. The molecule has 2 N–H and O–H groups in total. The van der Waals surface area contributed by atoms with Crippen LogP contribution < -0.4 is 15.4 Å². The minimum Gasteiger partial charge on any atom is -0.491 e. The minimum atomic E-state index is -4.45. The Labute approximate surface area is 172 Å². The van der Waals surface area contributed by atoms with Gasteiger partial charge in [-0.25, -0.2) is 9.67 Å². The Hall–Kier alpha value is -2.82. The third-order valence-electron chi connectivity index (χ3n) is 4.58. The zero-order valence-electron chi connectivity index (χ0n) is 16.9. The molecule has 0 saturated heterocycles. The van der Waals surface area contributed by atoms with Crippen LogP contribution in [0.5, 0.6) is 5.75 Å². The topological polar surface area (TPSA) is 85.6 Å². The maximum Gasteiger partial charge on any atom is 0.419 e. The molecule has 0 bridgehead atoms. The van der Waals surface area contributed by atoms with Gasteiger partial charge in [0.25, 0.3) is 0 Å². The summed E-state index contributed by atoms with van der Waals surface area (Å²) < 4.78 is 51.3. The van der Waals surface area contributed by atoms with E-state index in [9.17, 15) is 13.2 Å². The van der Waals surface area contributed by atoms with Gasteiger partial charge in [-0.15, -0.1) is 0 Å². The molecule has 30 heavy (non-hydrogen) atoms. The molecule has 164 valence electrons. The summed E-state index contributed by atoms with van der Waals surface area (Å²) in [5, 5.41) is 10.8. The highest BCUT2D eigenvalue weighted by molar-refractivity contribution is 5.79. The van der Waals surface area contributed by atoms with E-state index in [1.807, 2.05) is 4.68 Å². The fourth-order valence-corrected chi connectivity index (χ4v) is 3.21. The van der Waals surface area contributed by atoms with E-state index in [1.165, 1.54) is 18.2 Å². The van der Waals surface area contributed by atoms with Gasteiger partial charge in [-0.3, -0.25) is 4.99 Å². The molecule has 0 spiro atoms. The van der Waals surface area contributed by atoms with Crippen molar-refractivity contribution in [2.45, 2.75) is 38.2 Å². The number of nitrogens with zero attached hydrogens (tertiary/aromatic N) is 4. The summed E-state index contributed by atoms with van der Waals surface area (Å²) in [5.74, 6) is 1.95. The second-order valence-corrected chi connectivity index (χ2v) is 6.78. The molecule has 3 rings (SSSR count). The van der Waals surface area contributed by atoms with E-state index in [-0.39, 0.29) is 18.4 Å². The number of hydrogen-bond donors (Lipinski definition) is 2. The van der Waals surface area contributed by atoms with Crippen molar-refractivity contribution >= 4 is 5.96 Å². The van der Waals surface area contributed by atoms with Gasteiger partial charge in [-0.05, 0) is 18.6 Å². The van der Waals surface area contributed by atoms with Crippen LogP contribution in [-0.2, 0) is 30.5 Å². The standard InChI is InChI=1S/C19H25F3N6O2/c1-23-18(24-9-10-30-15-6-4-3-5-14(15)19(20,21)22)25-13-7-8-17-26-16(12-29-2)27-28(17)11-13/h3-6,13H,7-12H2,1-2H3,(H2,23,24,25). The van der Waals surface area contributed by atoms with Crippen molar-refractivity contribution in [2.24, 2.45) is 4.99 Å². The zero-order chi connectivity index (χ0) is 21.6. The molecule has 0 fully saturated rings. The van der Waals surface area contributed by atoms with Gasteiger partial charge in [0.2, 0.25) is 0 Å². The molecule has 2 heterocycles. The molecule has 1 unspecified atom stereocenters.